The van der Waals surface area contributed by atoms with Crippen molar-refractivity contribution >= 4 is 0 Å². The van der Waals surface area contributed by atoms with Gasteiger partial charge in [0.2, 0.25) is 11.7 Å². The van der Waals surface area contributed by atoms with Gasteiger partial charge in [-0.25, -0.2) is 0 Å². The Morgan fingerprint density at radius 3 is 3.17 bits per heavy atom. The van der Waals surface area contributed by atoms with Crippen LogP contribution in [0.3, 0.4) is 0 Å². The number of ether oxygens (including phenoxy) is 1. The second kappa shape index (κ2) is 5.97. The van der Waals surface area contributed by atoms with Crippen LogP contribution in [-0.4, -0.2) is 23.8 Å². The summed E-state index contributed by atoms with van der Waals surface area (Å²) in [6.07, 6.45) is 1.78. The highest BCUT2D eigenvalue weighted by Gasteiger charge is 2.08. The van der Waals surface area contributed by atoms with Gasteiger partial charge in [0, 0.05) is 12.1 Å². The lowest BCUT2D eigenvalue weighted by atomic mass is 10.2. The first-order valence-electron chi connectivity index (χ1n) is 5.62. The van der Waals surface area contributed by atoms with E-state index in [1.165, 1.54) is 0 Å². The third kappa shape index (κ3) is 2.95. The molecule has 2 aromatic rings. The van der Waals surface area contributed by atoms with Crippen LogP contribution in [0.25, 0.3) is 11.4 Å². The molecule has 1 heterocycles. The van der Waals surface area contributed by atoms with Gasteiger partial charge in [-0.1, -0.05) is 23.4 Å². The molecule has 0 atom stereocenters. The van der Waals surface area contributed by atoms with Gasteiger partial charge < -0.3 is 14.6 Å². The number of aromatic nitrogens is 2. The van der Waals surface area contributed by atoms with Crippen molar-refractivity contribution in [3.8, 4) is 17.1 Å². The Balaban J connectivity index is 2.10. The predicted octanol–water partition coefficient (Wildman–Crippen LogP) is 2.02. The molecule has 5 nitrogen and oxygen atoms in total. The minimum atomic E-state index is 0.531. The second-order valence-corrected chi connectivity index (χ2v) is 3.66. The van der Waals surface area contributed by atoms with E-state index in [9.17, 15) is 0 Å². The standard InChI is InChI=1S/C13H15N3O2/c1-3-7-14-9-12-15-13(16-18-12)10-5-4-6-11(8-10)17-2/h3-6,8,14H,1,7,9H2,2H3. The van der Waals surface area contributed by atoms with Crippen molar-refractivity contribution in [1.82, 2.24) is 15.5 Å². The van der Waals surface area contributed by atoms with Gasteiger partial charge in [0.1, 0.15) is 5.75 Å². The Morgan fingerprint density at radius 1 is 1.50 bits per heavy atom. The Morgan fingerprint density at radius 2 is 2.39 bits per heavy atom. The molecule has 0 bridgehead atoms. The van der Waals surface area contributed by atoms with Gasteiger partial charge in [-0.05, 0) is 12.1 Å². The molecule has 0 radical (unpaired) electrons. The first kappa shape index (κ1) is 12.3. The van der Waals surface area contributed by atoms with Gasteiger partial charge in [-0.2, -0.15) is 4.98 Å². The fourth-order valence-electron chi connectivity index (χ4n) is 1.49. The molecule has 0 aliphatic carbocycles. The van der Waals surface area contributed by atoms with Gasteiger partial charge in [-0.3, -0.25) is 0 Å². The normalized spacial score (nSPS) is 10.3. The molecule has 94 valence electrons. The highest BCUT2D eigenvalue weighted by Crippen LogP contribution is 2.21. The fraction of sp³-hybridized carbons (Fsp3) is 0.231. The van der Waals surface area contributed by atoms with Crippen LogP contribution in [0.1, 0.15) is 5.89 Å². The lowest BCUT2D eigenvalue weighted by molar-refractivity contribution is 0.370. The molecule has 18 heavy (non-hydrogen) atoms. The fourth-order valence-corrected chi connectivity index (χ4v) is 1.49. The maximum Gasteiger partial charge on any atom is 0.240 e. The Labute approximate surface area is 105 Å². The monoisotopic (exact) mass is 245 g/mol. The van der Waals surface area contributed by atoms with E-state index in [0.717, 1.165) is 11.3 Å². The second-order valence-electron chi connectivity index (χ2n) is 3.66. The van der Waals surface area contributed by atoms with Crippen molar-refractivity contribution in [2.24, 2.45) is 0 Å². The van der Waals surface area contributed by atoms with E-state index >= 15 is 0 Å². The van der Waals surface area contributed by atoms with Crippen LogP contribution in [0, 0.1) is 0 Å². The Hall–Kier alpha value is -2.14. The highest BCUT2D eigenvalue weighted by molar-refractivity contribution is 5.56. The first-order chi connectivity index (χ1) is 8.83. The molecule has 0 aliphatic rings. The van der Waals surface area contributed by atoms with E-state index in [4.69, 9.17) is 9.26 Å². The first-order valence-corrected chi connectivity index (χ1v) is 5.62. The third-order valence-corrected chi connectivity index (χ3v) is 2.36. The summed E-state index contributed by atoms with van der Waals surface area (Å²) in [7, 11) is 1.62. The number of rotatable bonds is 6. The zero-order valence-corrected chi connectivity index (χ0v) is 10.2. The molecule has 2 rings (SSSR count). The average molecular weight is 245 g/mol. The quantitative estimate of drug-likeness (QED) is 0.623. The summed E-state index contributed by atoms with van der Waals surface area (Å²) in [5, 5.41) is 7.03. The minimum Gasteiger partial charge on any atom is -0.497 e. The molecule has 0 spiro atoms. The largest absolute Gasteiger partial charge is 0.497 e. The molecule has 0 fully saturated rings. The SMILES string of the molecule is C=CCNCc1nc(-c2cccc(OC)c2)no1. The zero-order chi connectivity index (χ0) is 12.8. The maximum absolute atomic E-state index is 5.15. The Kier molecular flexibility index (Phi) is 4.09. The molecule has 0 amide bonds. The Bertz CT molecular complexity index is 522. The average Bonchev–Trinajstić information content (AvgIpc) is 2.88. The topological polar surface area (TPSA) is 60.2 Å². The summed E-state index contributed by atoms with van der Waals surface area (Å²) >= 11 is 0. The molecule has 1 N–H and O–H groups in total. The lowest BCUT2D eigenvalue weighted by Gasteiger charge is -1.99. The lowest BCUT2D eigenvalue weighted by Crippen LogP contribution is -2.12. The highest BCUT2D eigenvalue weighted by atomic mass is 16.5. The molecule has 0 saturated heterocycles. The van der Waals surface area contributed by atoms with Gasteiger partial charge in [-0.15, -0.1) is 6.58 Å². The molecular formula is C13H15N3O2. The summed E-state index contributed by atoms with van der Waals surface area (Å²) in [6, 6.07) is 7.54. The van der Waals surface area contributed by atoms with Gasteiger partial charge in [0.25, 0.3) is 0 Å². The van der Waals surface area contributed by atoms with Crippen LogP contribution in [0.4, 0.5) is 0 Å². The van der Waals surface area contributed by atoms with Gasteiger partial charge >= 0.3 is 0 Å². The van der Waals surface area contributed by atoms with Gasteiger partial charge in [0.05, 0.1) is 13.7 Å². The van der Waals surface area contributed by atoms with Crippen LogP contribution < -0.4 is 10.1 Å². The van der Waals surface area contributed by atoms with Crippen LogP contribution in [0.15, 0.2) is 41.4 Å². The molecule has 1 aromatic carbocycles. The van der Waals surface area contributed by atoms with E-state index in [1.807, 2.05) is 24.3 Å². The van der Waals surface area contributed by atoms with Crippen molar-refractivity contribution in [3.05, 3.63) is 42.8 Å². The van der Waals surface area contributed by atoms with Gasteiger partial charge in [0.15, 0.2) is 0 Å². The minimum absolute atomic E-state index is 0.531. The van der Waals surface area contributed by atoms with E-state index in [-0.39, 0.29) is 0 Å². The van der Waals surface area contributed by atoms with Crippen molar-refractivity contribution < 1.29 is 9.26 Å². The molecule has 0 aliphatic heterocycles. The van der Waals surface area contributed by atoms with E-state index in [0.29, 0.717) is 24.8 Å². The molecule has 0 unspecified atom stereocenters. The maximum atomic E-state index is 5.15. The number of methoxy groups -OCH3 is 1. The van der Waals surface area contributed by atoms with E-state index in [2.05, 4.69) is 22.0 Å². The van der Waals surface area contributed by atoms with E-state index < -0.39 is 0 Å². The van der Waals surface area contributed by atoms with Crippen molar-refractivity contribution in [2.75, 3.05) is 13.7 Å². The van der Waals surface area contributed by atoms with Crippen LogP contribution >= 0.6 is 0 Å². The summed E-state index contributed by atoms with van der Waals surface area (Å²) in [5.74, 6) is 1.88. The van der Waals surface area contributed by atoms with E-state index in [1.54, 1.807) is 13.2 Å². The molecule has 1 aromatic heterocycles. The van der Waals surface area contributed by atoms with Crippen LogP contribution in [0.2, 0.25) is 0 Å². The van der Waals surface area contributed by atoms with Crippen LogP contribution in [0.5, 0.6) is 5.75 Å². The number of hydrogen-bond acceptors (Lipinski definition) is 5. The van der Waals surface area contributed by atoms with Crippen molar-refractivity contribution in [3.63, 3.8) is 0 Å². The number of nitrogens with one attached hydrogen (secondary N) is 1. The summed E-state index contributed by atoms with van der Waals surface area (Å²) in [6.45, 7) is 4.86. The van der Waals surface area contributed by atoms with Crippen LogP contribution in [-0.2, 0) is 6.54 Å². The van der Waals surface area contributed by atoms with Crippen molar-refractivity contribution in [2.45, 2.75) is 6.54 Å². The molecule has 0 saturated carbocycles. The summed E-state index contributed by atoms with van der Waals surface area (Å²) in [5.41, 5.74) is 0.869. The third-order valence-electron chi connectivity index (χ3n) is 2.36. The molecular weight excluding hydrogens is 230 g/mol. The smallest absolute Gasteiger partial charge is 0.240 e. The zero-order valence-electron chi connectivity index (χ0n) is 10.2. The summed E-state index contributed by atoms with van der Waals surface area (Å²) in [4.78, 5) is 4.30. The summed E-state index contributed by atoms with van der Waals surface area (Å²) < 4.78 is 10.3. The number of benzene rings is 1. The van der Waals surface area contributed by atoms with Crippen molar-refractivity contribution in [1.29, 1.82) is 0 Å². The number of nitrogens with zero attached hydrogens (tertiary/aromatic N) is 2. The number of hydrogen-bond donors (Lipinski definition) is 1. The predicted molar refractivity (Wildman–Crippen MR) is 68.2 cm³/mol. The molecule has 5 heteroatoms.